The Balaban J connectivity index is 4.00. The van der Waals surface area contributed by atoms with E-state index in [4.69, 9.17) is 4.74 Å². The third-order valence-electron chi connectivity index (χ3n) is 1.77. The maximum absolute atomic E-state index is 10.9. The summed E-state index contributed by atoms with van der Waals surface area (Å²) in [7, 11) is 4.14. The van der Waals surface area contributed by atoms with Gasteiger partial charge in [0.25, 0.3) is 0 Å². The molecule has 0 amide bonds. The van der Waals surface area contributed by atoms with E-state index in [9.17, 15) is 9.59 Å². The van der Waals surface area contributed by atoms with Crippen LogP contribution < -0.4 is 0 Å². The lowest BCUT2D eigenvalue weighted by Crippen LogP contribution is -2.19. The number of ether oxygens (including phenoxy) is 3. The first-order valence-corrected chi connectivity index (χ1v) is 4.26. The van der Waals surface area contributed by atoms with Crippen LogP contribution in [0.2, 0.25) is 0 Å². The summed E-state index contributed by atoms with van der Waals surface area (Å²) < 4.78 is 13.9. The lowest BCUT2D eigenvalue weighted by molar-refractivity contribution is -0.145. The smallest absolute Gasteiger partial charge is 0.305 e. The lowest BCUT2D eigenvalue weighted by atomic mass is 10.0. The van der Waals surface area contributed by atoms with E-state index in [0.29, 0.717) is 6.61 Å². The maximum atomic E-state index is 10.9. The molecule has 0 N–H and O–H groups in total. The second-order valence-corrected chi connectivity index (χ2v) is 2.88. The number of carbonyl (C=O) groups excluding carboxylic acids is 2. The third-order valence-corrected chi connectivity index (χ3v) is 1.77. The maximum Gasteiger partial charge on any atom is 0.305 e. The topological polar surface area (TPSA) is 61.8 Å². The Morgan fingerprint density at radius 3 is 1.71 bits per heavy atom. The molecule has 0 aromatic rings. The van der Waals surface area contributed by atoms with Gasteiger partial charge in [-0.05, 0) is 0 Å². The molecule has 0 heterocycles. The van der Waals surface area contributed by atoms with Crippen molar-refractivity contribution in [1.82, 2.24) is 0 Å². The summed E-state index contributed by atoms with van der Waals surface area (Å²) in [4.78, 5) is 21.9. The number of esters is 2. The Kier molecular flexibility index (Phi) is 6.74. The fourth-order valence-corrected chi connectivity index (χ4v) is 1.06. The van der Waals surface area contributed by atoms with Gasteiger partial charge in [0, 0.05) is 13.0 Å². The monoisotopic (exact) mass is 204 g/mol. The van der Waals surface area contributed by atoms with E-state index in [0.717, 1.165) is 0 Å². The van der Waals surface area contributed by atoms with Crippen molar-refractivity contribution in [2.75, 3.05) is 27.9 Å². The van der Waals surface area contributed by atoms with Crippen LogP contribution in [0, 0.1) is 5.92 Å². The minimum absolute atomic E-state index is 0.166. The van der Waals surface area contributed by atoms with Gasteiger partial charge in [0.15, 0.2) is 0 Å². The molecule has 0 atom stereocenters. The summed E-state index contributed by atoms with van der Waals surface area (Å²) in [6.07, 6.45) is 0.332. The van der Waals surface area contributed by atoms with E-state index >= 15 is 0 Å². The predicted molar refractivity (Wildman–Crippen MR) is 48.6 cm³/mol. The standard InChI is InChI=1S/C9H16O5/c1-12-6-7(4-8(10)13-2)5-9(11)14-3/h7H,4-6H2,1-3H3. The van der Waals surface area contributed by atoms with Crippen molar-refractivity contribution in [2.45, 2.75) is 12.8 Å². The molecule has 0 aliphatic carbocycles. The van der Waals surface area contributed by atoms with Crippen LogP contribution in [0.1, 0.15) is 12.8 Å². The summed E-state index contributed by atoms with van der Waals surface area (Å²) in [6, 6.07) is 0. The average molecular weight is 204 g/mol. The van der Waals surface area contributed by atoms with Crippen molar-refractivity contribution in [1.29, 1.82) is 0 Å². The summed E-state index contributed by atoms with van der Waals surface area (Å²) in [5, 5.41) is 0. The SMILES string of the molecule is COCC(CC(=O)OC)CC(=O)OC. The number of rotatable bonds is 6. The zero-order valence-corrected chi connectivity index (χ0v) is 8.74. The molecule has 0 aromatic carbocycles. The molecular weight excluding hydrogens is 188 g/mol. The summed E-state index contributed by atoms with van der Waals surface area (Å²) in [5.41, 5.74) is 0. The van der Waals surface area contributed by atoms with Crippen molar-refractivity contribution >= 4 is 11.9 Å². The van der Waals surface area contributed by atoms with Crippen LogP contribution in [0.25, 0.3) is 0 Å². The fraction of sp³-hybridized carbons (Fsp3) is 0.778. The second-order valence-electron chi connectivity index (χ2n) is 2.88. The summed E-state index contributed by atoms with van der Waals surface area (Å²) in [6.45, 7) is 0.338. The van der Waals surface area contributed by atoms with E-state index < -0.39 is 0 Å². The Bertz CT molecular complexity index is 172. The first-order valence-electron chi connectivity index (χ1n) is 4.26. The summed E-state index contributed by atoms with van der Waals surface area (Å²) in [5.74, 6) is -0.883. The molecule has 0 unspecified atom stereocenters. The van der Waals surface area contributed by atoms with Gasteiger partial charge in [0.1, 0.15) is 0 Å². The molecule has 0 saturated heterocycles. The quantitative estimate of drug-likeness (QED) is 0.585. The van der Waals surface area contributed by atoms with Crippen LogP contribution in [0.4, 0.5) is 0 Å². The highest BCUT2D eigenvalue weighted by molar-refractivity contribution is 5.73. The van der Waals surface area contributed by atoms with Gasteiger partial charge in [-0.15, -0.1) is 0 Å². The van der Waals surface area contributed by atoms with Crippen molar-refractivity contribution < 1.29 is 23.8 Å². The zero-order valence-electron chi connectivity index (χ0n) is 8.74. The van der Waals surface area contributed by atoms with Gasteiger partial charge < -0.3 is 14.2 Å². The fourth-order valence-electron chi connectivity index (χ4n) is 1.06. The Labute approximate surface area is 83.3 Å². The molecule has 0 rings (SSSR count). The largest absolute Gasteiger partial charge is 0.469 e. The lowest BCUT2D eigenvalue weighted by Gasteiger charge is -2.12. The van der Waals surface area contributed by atoms with E-state index in [1.165, 1.54) is 21.3 Å². The van der Waals surface area contributed by atoms with Gasteiger partial charge in [0.05, 0.1) is 33.7 Å². The minimum atomic E-state index is -0.351. The predicted octanol–water partition coefficient (Wildman–Crippen LogP) is 0.375. The minimum Gasteiger partial charge on any atom is -0.469 e. The average Bonchev–Trinajstić information content (AvgIpc) is 2.17. The van der Waals surface area contributed by atoms with E-state index in [1.807, 2.05) is 0 Å². The van der Waals surface area contributed by atoms with Crippen LogP contribution in [-0.4, -0.2) is 39.9 Å². The highest BCUT2D eigenvalue weighted by atomic mass is 16.5. The number of hydrogen-bond acceptors (Lipinski definition) is 5. The normalized spacial score (nSPS) is 10.0. The van der Waals surface area contributed by atoms with E-state index in [-0.39, 0.29) is 30.7 Å². The Hall–Kier alpha value is -1.10. The highest BCUT2D eigenvalue weighted by Gasteiger charge is 2.18. The van der Waals surface area contributed by atoms with Crippen LogP contribution >= 0.6 is 0 Å². The van der Waals surface area contributed by atoms with Crippen LogP contribution in [0.5, 0.6) is 0 Å². The van der Waals surface area contributed by atoms with Gasteiger partial charge in [-0.2, -0.15) is 0 Å². The third kappa shape index (κ3) is 5.53. The highest BCUT2D eigenvalue weighted by Crippen LogP contribution is 2.10. The van der Waals surface area contributed by atoms with Crippen LogP contribution in [0.3, 0.4) is 0 Å². The molecule has 5 heteroatoms. The molecule has 82 valence electrons. The molecular formula is C9H16O5. The number of methoxy groups -OCH3 is 3. The van der Waals surface area contributed by atoms with Gasteiger partial charge >= 0.3 is 11.9 Å². The Morgan fingerprint density at radius 2 is 1.43 bits per heavy atom. The van der Waals surface area contributed by atoms with Gasteiger partial charge in [-0.3, -0.25) is 9.59 Å². The molecule has 0 spiro atoms. The molecule has 5 nitrogen and oxygen atoms in total. The van der Waals surface area contributed by atoms with Crippen LogP contribution in [-0.2, 0) is 23.8 Å². The molecule has 0 aromatic heterocycles. The van der Waals surface area contributed by atoms with Gasteiger partial charge in [-0.25, -0.2) is 0 Å². The van der Waals surface area contributed by atoms with Crippen molar-refractivity contribution in [3.05, 3.63) is 0 Å². The number of hydrogen-bond donors (Lipinski definition) is 0. The first kappa shape index (κ1) is 12.9. The molecule has 0 aliphatic rings. The Morgan fingerprint density at radius 1 is 1.00 bits per heavy atom. The molecule has 14 heavy (non-hydrogen) atoms. The molecule has 0 bridgehead atoms. The van der Waals surface area contributed by atoms with Crippen LogP contribution in [0.15, 0.2) is 0 Å². The van der Waals surface area contributed by atoms with E-state index in [1.54, 1.807) is 0 Å². The number of carbonyl (C=O) groups is 2. The van der Waals surface area contributed by atoms with Crippen molar-refractivity contribution in [3.8, 4) is 0 Å². The first-order chi connectivity index (χ1) is 6.63. The molecule has 0 saturated carbocycles. The van der Waals surface area contributed by atoms with Gasteiger partial charge in [0.2, 0.25) is 0 Å². The van der Waals surface area contributed by atoms with E-state index in [2.05, 4.69) is 9.47 Å². The zero-order chi connectivity index (χ0) is 11.0. The second kappa shape index (κ2) is 7.32. The molecule has 0 aliphatic heterocycles. The molecule has 0 fully saturated rings. The van der Waals surface area contributed by atoms with Crippen molar-refractivity contribution in [2.24, 2.45) is 5.92 Å². The van der Waals surface area contributed by atoms with Gasteiger partial charge in [-0.1, -0.05) is 0 Å². The molecule has 0 radical (unpaired) electrons. The summed E-state index contributed by atoms with van der Waals surface area (Å²) >= 11 is 0. The van der Waals surface area contributed by atoms with Crippen molar-refractivity contribution in [3.63, 3.8) is 0 Å².